The number of carbonyl (C=O) groups excluding carboxylic acids is 1. The van der Waals surface area contributed by atoms with Gasteiger partial charge in [-0.15, -0.1) is 21.5 Å². The molecule has 27 heavy (non-hydrogen) atoms. The van der Waals surface area contributed by atoms with Crippen LogP contribution in [-0.4, -0.2) is 36.8 Å². The van der Waals surface area contributed by atoms with E-state index >= 15 is 0 Å². The Hall–Kier alpha value is -1.67. The minimum absolute atomic E-state index is 0.00200. The minimum Gasteiger partial charge on any atom is -0.351 e. The number of nitrogens with one attached hydrogen (secondary N) is 1. The molecule has 0 saturated carbocycles. The predicted octanol–water partition coefficient (Wildman–Crippen LogP) is 3.78. The van der Waals surface area contributed by atoms with Crippen molar-refractivity contribution >= 4 is 44.9 Å². The number of aromatic nitrogens is 4. The molecule has 1 atom stereocenters. The average molecular weight is 404 g/mol. The summed E-state index contributed by atoms with van der Waals surface area (Å²) in [6.07, 6.45) is 3.42. The molecule has 3 aromatic rings. The Morgan fingerprint density at radius 3 is 2.89 bits per heavy atom. The summed E-state index contributed by atoms with van der Waals surface area (Å²) in [4.78, 5) is 19.5. The Morgan fingerprint density at radius 1 is 1.37 bits per heavy atom. The normalized spacial score (nSPS) is 17.4. The fourth-order valence-electron chi connectivity index (χ4n) is 3.64. The smallest absolute Gasteiger partial charge is 0.230 e. The number of carbonyl (C=O) groups is 1. The topological polar surface area (TPSA) is 72.2 Å². The van der Waals surface area contributed by atoms with Gasteiger partial charge in [0.05, 0.1) is 11.1 Å². The van der Waals surface area contributed by atoms with Gasteiger partial charge < -0.3 is 5.32 Å². The van der Waals surface area contributed by atoms with Crippen LogP contribution in [0.5, 0.6) is 0 Å². The Balaban J connectivity index is 1.70. The van der Waals surface area contributed by atoms with Gasteiger partial charge in [0.1, 0.15) is 10.7 Å². The number of aryl methyl sites for hydroxylation is 2. The van der Waals surface area contributed by atoms with Gasteiger partial charge in [0.2, 0.25) is 5.91 Å². The number of rotatable bonds is 3. The third-order valence-corrected chi connectivity index (χ3v) is 6.86. The zero-order chi connectivity index (χ0) is 19.3. The maximum Gasteiger partial charge on any atom is 0.230 e. The lowest BCUT2D eigenvalue weighted by Gasteiger charge is -2.20. The van der Waals surface area contributed by atoms with E-state index in [9.17, 15) is 4.79 Å². The van der Waals surface area contributed by atoms with Crippen molar-refractivity contribution in [1.82, 2.24) is 24.9 Å². The summed E-state index contributed by atoms with van der Waals surface area (Å²) in [5.41, 5.74) is 2.05. The first-order valence-electron chi connectivity index (χ1n) is 9.32. The number of fused-ring (bicyclic) bond motifs is 5. The highest BCUT2D eigenvalue weighted by atomic mass is 32.2. The second kappa shape index (κ2) is 6.74. The van der Waals surface area contributed by atoms with Gasteiger partial charge in [0.25, 0.3) is 0 Å². The van der Waals surface area contributed by atoms with Crippen LogP contribution in [0.1, 0.15) is 50.4 Å². The molecule has 1 unspecified atom stereocenters. The van der Waals surface area contributed by atoms with Crippen molar-refractivity contribution in [3.8, 4) is 0 Å². The third kappa shape index (κ3) is 3.57. The zero-order valence-electron chi connectivity index (χ0n) is 16.4. The van der Waals surface area contributed by atoms with E-state index in [1.54, 1.807) is 11.3 Å². The van der Waals surface area contributed by atoms with Crippen molar-refractivity contribution in [3.63, 3.8) is 0 Å². The summed E-state index contributed by atoms with van der Waals surface area (Å²) in [7, 11) is 0. The van der Waals surface area contributed by atoms with Gasteiger partial charge in [-0.2, -0.15) is 0 Å². The molecule has 0 radical (unpaired) electrons. The number of nitrogens with zero attached hydrogens (tertiary/aromatic N) is 4. The van der Waals surface area contributed by atoms with Crippen LogP contribution in [0.25, 0.3) is 15.9 Å². The second-order valence-corrected chi connectivity index (χ2v) is 10.4. The Bertz CT molecular complexity index is 1030. The summed E-state index contributed by atoms with van der Waals surface area (Å²) in [6, 6.07) is 0. The molecule has 1 N–H and O–H groups in total. The number of hydrogen-bond donors (Lipinski definition) is 1. The molecule has 144 valence electrons. The minimum atomic E-state index is -0.235. The molecule has 1 aliphatic carbocycles. The number of thiophene rings is 1. The molecular weight excluding hydrogens is 378 g/mol. The Labute approximate surface area is 167 Å². The molecule has 0 aliphatic heterocycles. The van der Waals surface area contributed by atoms with Crippen LogP contribution >= 0.6 is 23.1 Å². The van der Waals surface area contributed by atoms with Crippen LogP contribution in [0.2, 0.25) is 0 Å². The summed E-state index contributed by atoms with van der Waals surface area (Å²) in [5, 5.41) is 13.7. The van der Waals surface area contributed by atoms with Crippen molar-refractivity contribution in [3.05, 3.63) is 16.3 Å². The first-order valence-corrected chi connectivity index (χ1v) is 11.1. The first kappa shape index (κ1) is 18.7. The van der Waals surface area contributed by atoms with Crippen molar-refractivity contribution in [2.24, 2.45) is 5.92 Å². The fourth-order valence-corrected chi connectivity index (χ4v) is 5.85. The highest BCUT2D eigenvalue weighted by Crippen LogP contribution is 2.39. The molecule has 0 fully saturated rings. The summed E-state index contributed by atoms with van der Waals surface area (Å²) >= 11 is 3.21. The predicted molar refractivity (Wildman–Crippen MR) is 111 cm³/mol. The summed E-state index contributed by atoms with van der Waals surface area (Å²) in [5.74, 6) is 1.91. The molecule has 1 amide bonds. The SMILES string of the molecule is Cc1nc2sc3c(c2c2nnc(SCC(=O)NC(C)(C)C)n12)CCC(C)C3. The molecular formula is C19H25N5OS2. The van der Waals surface area contributed by atoms with Gasteiger partial charge >= 0.3 is 0 Å². The van der Waals surface area contributed by atoms with Crippen LogP contribution in [0.3, 0.4) is 0 Å². The van der Waals surface area contributed by atoms with Gasteiger partial charge in [0, 0.05) is 10.4 Å². The first-order chi connectivity index (χ1) is 12.7. The maximum absolute atomic E-state index is 12.2. The molecule has 8 heteroatoms. The summed E-state index contributed by atoms with van der Waals surface area (Å²) in [6.45, 7) is 10.2. The van der Waals surface area contributed by atoms with Crippen molar-refractivity contribution in [2.75, 3.05) is 5.75 Å². The van der Waals surface area contributed by atoms with Gasteiger partial charge in [-0.3, -0.25) is 9.20 Å². The molecule has 4 rings (SSSR count). The van der Waals surface area contributed by atoms with Crippen LogP contribution < -0.4 is 5.32 Å². The zero-order valence-corrected chi connectivity index (χ0v) is 18.1. The molecule has 3 heterocycles. The van der Waals surface area contributed by atoms with Crippen molar-refractivity contribution in [1.29, 1.82) is 0 Å². The Kier molecular flexibility index (Phi) is 4.66. The molecule has 0 saturated heterocycles. The largest absolute Gasteiger partial charge is 0.351 e. The highest BCUT2D eigenvalue weighted by molar-refractivity contribution is 7.99. The van der Waals surface area contributed by atoms with Crippen LogP contribution in [0.15, 0.2) is 5.16 Å². The lowest BCUT2D eigenvalue weighted by molar-refractivity contribution is -0.119. The standard InChI is InChI=1S/C19H25N5OS2/c1-10-6-7-12-13(8-10)27-17-15(12)16-22-23-18(24(16)11(2)20-17)26-9-14(25)21-19(3,4)5/h10H,6-9H2,1-5H3,(H,21,25). The van der Waals surface area contributed by atoms with Gasteiger partial charge in [0.15, 0.2) is 10.8 Å². The molecule has 3 aromatic heterocycles. The monoisotopic (exact) mass is 403 g/mol. The molecule has 1 aliphatic rings. The summed E-state index contributed by atoms with van der Waals surface area (Å²) < 4.78 is 2.00. The van der Waals surface area contributed by atoms with E-state index in [1.165, 1.54) is 28.6 Å². The van der Waals surface area contributed by atoms with E-state index in [2.05, 4.69) is 22.4 Å². The van der Waals surface area contributed by atoms with E-state index in [0.29, 0.717) is 5.75 Å². The van der Waals surface area contributed by atoms with E-state index in [0.717, 1.165) is 45.6 Å². The van der Waals surface area contributed by atoms with E-state index < -0.39 is 0 Å². The molecule has 0 aromatic carbocycles. The van der Waals surface area contributed by atoms with Gasteiger partial charge in [-0.05, 0) is 58.4 Å². The second-order valence-electron chi connectivity index (χ2n) is 8.42. The van der Waals surface area contributed by atoms with E-state index in [-0.39, 0.29) is 11.4 Å². The van der Waals surface area contributed by atoms with E-state index in [4.69, 9.17) is 4.98 Å². The van der Waals surface area contributed by atoms with Crippen LogP contribution in [0.4, 0.5) is 0 Å². The molecule has 0 spiro atoms. The van der Waals surface area contributed by atoms with Crippen LogP contribution in [-0.2, 0) is 17.6 Å². The van der Waals surface area contributed by atoms with Crippen LogP contribution in [0, 0.1) is 12.8 Å². The van der Waals surface area contributed by atoms with Crippen molar-refractivity contribution in [2.45, 2.75) is 64.6 Å². The fraction of sp³-hybridized carbons (Fsp3) is 0.579. The van der Waals surface area contributed by atoms with Gasteiger partial charge in [-0.25, -0.2) is 4.98 Å². The average Bonchev–Trinajstić information content (AvgIpc) is 3.11. The lowest BCUT2D eigenvalue weighted by Crippen LogP contribution is -2.41. The number of hydrogen-bond acceptors (Lipinski definition) is 6. The van der Waals surface area contributed by atoms with Gasteiger partial charge in [-0.1, -0.05) is 18.7 Å². The van der Waals surface area contributed by atoms with E-state index in [1.807, 2.05) is 32.1 Å². The van der Waals surface area contributed by atoms with Crippen molar-refractivity contribution < 1.29 is 4.79 Å². The Morgan fingerprint density at radius 2 is 2.15 bits per heavy atom. The maximum atomic E-state index is 12.2. The molecule has 0 bridgehead atoms. The number of amides is 1. The molecule has 6 nitrogen and oxygen atoms in total. The highest BCUT2D eigenvalue weighted by Gasteiger charge is 2.25. The third-order valence-electron chi connectivity index (χ3n) is 4.78. The quantitative estimate of drug-likeness (QED) is 0.674. The number of thioether (sulfide) groups is 1. The lowest BCUT2D eigenvalue weighted by atomic mass is 9.89.